The van der Waals surface area contributed by atoms with Crippen LogP contribution in [0.2, 0.25) is 0 Å². The average molecular weight is 315 g/mol. The maximum Gasteiger partial charge on any atom is 0.321 e. The Labute approximate surface area is 130 Å². The molecule has 6 heteroatoms. The molecule has 0 saturated carbocycles. The quantitative estimate of drug-likeness (QED) is 0.758. The monoisotopic (exact) mass is 315 g/mol. The fraction of sp³-hybridized carbons (Fsp3) is 0.0667. The molecule has 0 spiro atoms. The molecule has 106 valence electrons. The number of thiophene rings is 1. The second kappa shape index (κ2) is 6.51. The van der Waals surface area contributed by atoms with E-state index in [1.54, 1.807) is 11.3 Å². The third-order valence-electron chi connectivity index (χ3n) is 2.80. The molecule has 2 heterocycles. The third kappa shape index (κ3) is 3.68. The minimum absolute atomic E-state index is 0.239. The van der Waals surface area contributed by atoms with Crippen molar-refractivity contribution in [3.63, 3.8) is 0 Å². The van der Waals surface area contributed by atoms with Gasteiger partial charge in [0.25, 0.3) is 0 Å². The van der Waals surface area contributed by atoms with Gasteiger partial charge < -0.3 is 5.32 Å². The third-order valence-corrected chi connectivity index (χ3v) is 4.43. The van der Waals surface area contributed by atoms with Crippen LogP contribution in [-0.2, 0) is 6.54 Å². The van der Waals surface area contributed by atoms with Crippen LogP contribution >= 0.6 is 22.7 Å². The number of hydrogen-bond acceptors (Lipinski definition) is 4. The van der Waals surface area contributed by atoms with Crippen molar-refractivity contribution in [1.29, 1.82) is 0 Å². The number of nitrogens with one attached hydrogen (secondary N) is 2. The van der Waals surface area contributed by atoms with Crippen LogP contribution in [0.15, 0.2) is 53.2 Å². The minimum atomic E-state index is -0.239. The molecule has 2 N–H and O–H groups in total. The summed E-state index contributed by atoms with van der Waals surface area (Å²) < 4.78 is 0. The lowest BCUT2D eigenvalue weighted by atomic mass is 10.2. The van der Waals surface area contributed by atoms with Gasteiger partial charge in [-0.15, -0.1) is 22.7 Å². The summed E-state index contributed by atoms with van der Waals surface area (Å²) in [6.45, 7) is 0.528. The van der Waals surface area contributed by atoms with Crippen LogP contribution in [0.5, 0.6) is 0 Å². The number of amides is 2. The molecule has 0 atom stereocenters. The summed E-state index contributed by atoms with van der Waals surface area (Å²) in [5, 5.41) is 10.1. The Morgan fingerprint density at radius 3 is 2.71 bits per heavy atom. The van der Waals surface area contributed by atoms with E-state index in [-0.39, 0.29) is 6.03 Å². The zero-order chi connectivity index (χ0) is 14.5. The number of thiazole rings is 1. The Morgan fingerprint density at radius 1 is 1.10 bits per heavy atom. The smallest absolute Gasteiger partial charge is 0.321 e. The minimum Gasteiger partial charge on any atom is -0.333 e. The Bertz CT molecular complexity index is 708. The first-order valence-electron chi connectivity index (χ1n) is 6.39. The lowest BCUT2D eigenvalue weighted by Gasteiger charge is -2.03. The van der Waals surface area contributed by atoms with E-state index in [9.17, 15) is 4.79 Å². The molecule has 0 radical (unpaired) electrons. The van der Waals surface area contributed by atoms with E-state index in [4.69, 9.17) is 0 Å². The summed E-state index contributed by atoms with van der Waals surface area (Å²) in [5.74, 6) is 0. The van der Waals surface area contributed by atoms with Crippen molar-refractivity contribution in [2.45, 2.75) is 6.54 Å². The zero-order valence-electron chi connectivity index (χ0n) is 11.1. The zero-order valence-corrected chi connectivity index (χ0v) is 12.7. The van der Waals surface area contributed by atoms with Gasteiger partial charge in [0.05, 0.1) is 12.2 Å². The molecule has 0 bridgehead atoms. The van der Waals surface area contributed by atoms with Crippen LogP contribution in [0.25, 0.3) is 11.3 Å². The van der Waals surface area contributed by atoms with E-state index >= 15 is 0 Å². The van der Waals surface area contributed by atoms with Crippen molar-refractivity contribution in [2.24, 2.45) is 0 Å². The average Bonchev–Trinajstić information content (AvgIpc) is 3.17. The number of aromatic nitrogens is 1. The number of benzene rings is 1. The second-order valence-corrected chi connectivity index (χ2v) is 6.18. The van der Waals surface area contributed by atoms with E-state index in [0.717, 1.165) is 16.1 Å². The van der Waals surface area contributed by atoms with Gasteiger partial charge in [-0.25, -0.2) is 9.78 Å². The first-order valence-corrected chi connectivity index (χ1v) is 8.15. The summed E-state index contributed by atoms with van der Waals surface area (Å²) >= 11 is 3.03. The highest BCUT2D eigenvalue weighted by Gasteiger charge is 2.07. The summed E-state index contributed by atoms with van der Waals surface area (Å²) in [4.78, 5) is 17.3. The molecular formula is C15H13N3OS2. The van der Waals surface area contributed by atoms with E-state index in [2.05, 4.69) is 15.6 Å². The summed E-state index contributed by atoms with van der Waals surface area (Å²) in [5.41, 5.74) is 1.91. The van der Waals surface area contributed by atoms with E-state index in [1.807, 2.05) is 53.2 Å². The Kier molecular flexibility index (Phi) is 4.28. The number of nitrogens with zero attached hydrogens (tertiary/aromatic N) is 1. The predicted octanol–water partition coefficient (Wildman–Crippen LogP) is 4.19. The summed E-state index contributed by atoms with van der Waals surface area (Å²) in [6, 6.07) is 13.6. The highest BCUT2D eigenvalue weighted by atomic mass is 32.1. The molecule has 21 heavy (non-hydrogen) atoms. The van der Waals surface area contributed by atoms with E-state index in [0.29, 0.717) is 11.7 Å². The highest BCUT2D eigenvalue weighted by Crippen LogP contribution is 2.24. The topological polar surface area (TPSA) is 54.0 Å². The maximum absolute atomic E-state index is 11.8. The van der Waals surface area contributed by atoms with Gasteiger partial charge in [-0.3, -0.25) is 5.32 Å². The van der Waals surface area contributed by atoms with Crippen molar-refractivity contribution in [2.75, 3.05) is 5.32 Å². The van der Waals surface area contributed by atoms with Crippen molar-refractivity contribution in [3.05, 3.63) is 58.1 Å². The standard InChI is InChI=1S/C15H13N3OS2/c19-14(16-9-12-7-4-8-20-12)18-15-17-13(10-21-15)11-5-2-1-3-6-11/h1-8,10H,9H2,(H2,16,17,18,19). The van der Waals surface area contributed by atoms with Crippen LogP contribution < -0.4 is 10.6 Å². The Hall–Kier alpha value is -2.18. The number of carbonyl (C=O) groups is 1. The Balaban J connectivity index is 1.58. The SMILES string of the molecule is O=C(NCc1cccs1)Nc1nc(-c2ccccc2)cs1. The van der Waals surface area contributed by atoms with Gasteiger partial charge in [0.2, 0.25) is 0 Å². The fourth-order valence-corrected chi connectivity index (χ4v) is 3.15. The molecule has 4 nitrogen and oxygen atoms in total. The molecule has 0 saturated heterocycles. The number of urea groups is 1. The number of carbonyl (C=O) groups excluding carboxylic acids is 1. The van der Waals surface area contributed by atoms with Crippen molar-refractivity contribution < 1.29 is 4.79 Å². The summed E-state index contributed by atoms with van der Waals surface area (Å²) in [7, 11) is 0. The molecule has 0 aliphatic carbocycles. The van der Waals surface area contributed by atoms with Gasteiger partial charge in [-0.2, -0.15) is 0 Å². The maximum atomic E-state index is 11.8. The second-order valence-electron chi connectivity index (χ2n) is 4.29. The van der Waals surface area contributed by atoms with Crippen LogP contribution in [0, 0.1) is 0 Å². The van der Waals surface area contributed by atoms with Crippen LogP contribution in [-0.4, -0.2) is 11.0 Å². The van der Waals surface area contributed by atoms with E-state index in [1.165, 1.54) is 11.3 Å². The van der Waals surface area contributed by atoms with Crippen LogP contribution in [0.1, 0.15) is 4.88 Å². The van der Waals surface area contributed by atoms with Crippen molar-refractivity contribution in [1.82, 2.24) is 10.3 Å². The molecule has 2 amide bonds. The molecule has 3 rings (SSSR count). The number of anilines is 1. The first-order chi connectivity index (χ1) is 10.3. The van der Waals surface area contributed by atoms with Gasteiger partial charge >= 0.3 is 6.03 Å². The highest BCUT2D eigenvalue weighted by molar-refractivity contribution is 7.14. The van der Waals surface area contributed by atoms with Crippen LogP contribution in [0.3, 0.4) is 0 Å². The molecule has 3 aromatic rings. The fourth-order valence-electron chi connectivity index (χ4n) is 1.79. The van der Waals surface area contributed by atoms with Gasteiger partial charge in [-0.1, -0.05) is 36.4 Å². The molecule has 2 aromatic heterocycles. The van der Waals surface area contributed by atoms with Gasteiger partial charge in [-0.05, 0) is 11.4 Å². The van der Waals surface area contributed by atoms with E-state index < -0.39 is 0 Å². The van der Waals surface area contributed by atoms with Gasteiger partial charge in [0.15, 0.2) is 5.13 Å². The van der Waals surface area contributed by atoms with Crippen molar-refractivity contribution in [3.8, 4) is 11.3 Å². The molecular weight excluding hydrogens is 302 g/mol. The number of hydrogen-bond donors (Lipinski definition) is 2. The molecule has 0 fully saturated rings. The summed E-state index contributed by atoms with van der Waals surface area (Å²) in [6.07, 6.45) is 0. The van der Waals surface area contributed by atoms with Crippen molar-refractivity contribution >= 4 is 33.8 Å². The Morgan fingerprint density at radius 2 is 1.95 bits per heavy atom. The van der Waals surface area contributed by atoms with Gasteiger partial charge in [0.1, 0.15) is 0 Å². The lowest BCUT2D eigenvalue weighted by Crippen LogP contribution is -2.27. The predicted molar refractivity (Wildman–Crippen MR) is 87.7 cm³/mol. The first kappa shape index (κ1) is 13.8. The molecule has 0 unspecified atom stereocenters. The number of rotatable bonds is 4. The largest absolute Gasteiger partial charge is 0.333 e. The molecule has 0 aliphatic heterocycles. The molecule has 1 aromatic carbocycles. The lowest BCUT2D eigenvalue weighted by molar-refractivity contribution is 0.252. The van der Waals surface area contributed by atoms with Gasteiger partial charge in [0, 0.05) is 15.8 Å². The van der Waals surface area contributed by atoms with Crippen LogP contribution in [0.4, 0.5) is 9.93 Å². The molecule has 0 aliphatic rings. The normalized spacial score (nSPS) is 10.3.